The Kier molecular flexibility index (Phi) is 4.57. The van der Waals surface area contributed by atoms with E-state index in [2.05, 4.69) is 38.4 Å². The summed E-state index contributed by atoms with van der Waals surface area (Å²) in [6.45, 7) is 3.69. The smallest absolute Gasteiger partial charge is 0.192 e. The average Bonchev–Trinajstić information content (AvgIpc) is 2.97. The van der Waals surface area contributed by atoms with Gasteiger partial charge in [0.25, 0.3) is 0 Å². The van der Waals surface area contributed by atoms with Gasteiger partial charge in [-0.05, 0) is 24.8 Å². The second kappa shape index (κ2) is 6.96. The monoisotopic (exact) mass is 307 g/mol. The van der Waals surface area contributed by atoms with Gasteiger partial charge >= 0.3 is 0 Å². The van der Waals surface area contributed by atoms with Crippen LogP contribution in [-0.4, -0.2) is 22.1 Å². The first-order valence-electron chi connectivity index (χ1n) is 7.78. The van der Waals surface area contributed by atoms with Crippen molar-refractivity contribution in [2.24, 2.45) is 0 Å². The van der Waals surface area contributed by atoms with Crippen molar-refractivity contribution in [3.63, 3.8) is 0 Å². The molecule has 3 aromatic rings. The topological polar surface area (TPSA) is 65.7 Å². The number of anilines is 1. The van der Waals surface area contributed by atoms with Crippen LogP contribution in [0.15, 0.2) is 55.0 Å². The normalized spacial score (nSPS) is 10.7. The summed E-state index contributed by atoms with van der Waals surface area (Å²) in [7, 11) is 0. The Labute approximate surface area is 135 Å². The molecule has 0 aliphatic carbocycles. The predicted octanol–water partition coefficient (Wildman–Crippen LogP) is 3.37. The van der Waals surface area contributed by atoms with Crippen LogP contribution in [0.25, 0.3) is 10.8 Å². The summed E-state index contributed by atoms with van der Waals surface area (Å²) in [6, 6.07) is 14.2. The van der Waals surface area contributed by atoms with Crippen LogP contribution in [0.4, 0.5) is 5.69 Å². The zero-order valence-electron chi connectivity index (χ0n) is 13.2. The number of fused-ring (bicyclic) bond motifs is 1. The van der Waals surface area contributed by atoms with Crippen molar-refractivity contribution in [3.05, 3.63) is 60.7 Å². The van der Waals surface area contributed by atoms with Crippen molar-refractivity contribution in [2.75, 3.05) is 11.9 Å². The molecule has 0 saturated carbocycles. The van der Waals surface area contributed by atoms with Crippen LogP contribution in [0.2, 0.25) is 0 Å². The molecule has 1 heterocycles. The molecule has 3 rings (SSSR count). The molecule has 1 aromatic heterocycles. The highest BCUT2D eigenvalue weighted by atomic mass is 15.1. The lowest BCUT2D eigenvalue weighted by atomic mass is 10.1. The maximum Gasteiger partial charge on any atom is 0.192 e. The second-order valence-corrected chi connectivity index (χ2v) is 5.54. The van der Waals surface area contributed by atoms with E-state index >= 15 is 0 Å². The molecule has 3 N–H and O–H groups in total. The molecule has 0 spiro atoms. The highest BCUT2D eigenvalue weighted by Crippen LogP contribution is 2.22. The Hall–Kier alpha value is -2.82. The second-order valence-electron chi connectivity index (χ2n) is 5.54. The third-order valence-corrected chi connectivity index (χ3v) is 3.85. The Morgan fingerprint density at radius 1 is 1.17 bits per heavy atom. The van der Waals surface area contributed by atoms with E-state index in [4.69, 9.17) is 5.41 Å². The molecule has 23 heavy (non-hydrogen) atoms. The van der Waals surface area contributed by atoms with Gasteiger partial charge < -0.3 is 15.2 Å². The quantitative estimate of drug-likeness (QED) is 0.385. The summed E-state index contributed by atoms with van der Waals surface area (Å²) in [5, 5.41) is 16.6. The number of hydrogen-bond donors (Lipinski definition) is 3. The van der Waals surface area contributed by atoms with Gasteiger partial charge in [-0.15, -0.1) is 0 Å². The van der Waals surface area contributed by atoms with Crippen LogP contribution in [0.1, 0.15) is 12.1 Å². The van der Waals surface area contributed by atoms with Crippen LogP contribution in [0.5, 0.6) is 0 Å². The molecule has 5 nitrogen and oxygen atoms in total. The number of hydrogen-bond acceptors (Lipinski definition) is 2. The summed E-state index contributed by atoms with van der Waals surface area (Å²) < 4.78 is 2.11. The van der Waals surface area contributed by atoms with E-state index in [0.29, 0.717) is 5.96 Å². The highest BCUT2D eigenvalue weighted by Gasteiger charge is 2.02. The minimum absolute atomic E-state index is 0.323. The molecule has 5 heteroatoms. The van der Waals surface area contributed by atoms with E-state index < -0.39 is 0 Å². The van der Waals surface area contributed by atoms with Crippen LogP contribution in [-0.2, 0) is 6.54 Å². The van der Waals surface area contributed by atoms with Crippen LogP contribution in [0, 0.1) is 12.3 Å². The Bertz CT molecular complexity index is 801. The molecule has 0 unspecified atom stereocenters. The Balaban J connectivity index is 1.52. The Morgan fingerprint density at radius 3 is 2.83 bits per heavy atom. The van der Waals surface area contributed by atoms with Gasteiger partial charge in [-0.3, -0.25) is 5.41 Å². The number of guanidine groups is 1. The third kappa shape index (κ3) is 3.69. The van der Waals surface area contributed by atoms with E-state index in [9.17, 15) is 0 Å². The van der Waals surface area contributed by atoms with Crippen molar-refractivity contribution in [1.29, 1.82) is 5.41 Å². The number of rotatable bonds is 5. The number of aromatic nitrogens is 2. The number of nitrogens with one attached hydrogen (secondary N) is 3. The van der Waals surface area contributed by atoms with Gasteiger partial charge in [-0.2, -0.15) is 0 Å². The molecular formula is C18H21N5. The molecule has 0 fully saturated rings. The standard InChI is InChI=1S/C18H21N5/c1-14-12-20-13-23(14)11-5-10-21-18(19)22-17-9-4-7-15-6-2-3-8-16(15)17/h2-4,6-9,12-13H,5,10-11H2,1H3,(H3,19,21,22). The summed E-state index contributed by atoms with van der Waals surface area (Å²) >= 11 is 0. The molecule has 0 radical (unpaired) electrons. The molecule has 0 aliphatic rings. The van der Waals surface area contributed by atoms with Gasteiger partial charge in [0, 0.05) is 36.1 Å². The minimum Gasteiger partial charge on any atom is -0.356 e. The van der Waals surface area contributed by atoms with Crippen molar-refractivity contribution >= 4 is 22.4 Å². The van der Waals surface area contributed by atoms with Crippen LogP contribution < -0.4 is 10.6 Å². The SMILES string of the molecule is Cc1cncn1CCCNC(=N)Nc1cccc2ccccc12. The van der Waals surface area contributed by atoms with Gasteiger partial charge in [-0.25, -0.2) is 4.98 Å². The van der Waals surface area contributed by atoms with E-state index in [1.165, 1.54) is 5.39 Å². The summed E-state index contributed by atoms with van der Waals surface area (Å²) in [5.74, 6) is 0.323. The van der Waals surface area contributed by atoms with Crippen molar-refractivity contribution in [2.45, 2.75) is 19.9 Å². The van der Waals surface area contributed by atoms with Gasteiger partial charge in [0.15, 0.2) is 5.96 Å². The lowest BCUT2D eigenvalue weighted by Crippen LogP contribution is -2.30. The maximum atomic E-state index is 8.06. The van der Waals surface area contributed by atoms with Gasteiger partial charge in [-0.1, -0.05) is 36.4 Å². The fourth-order valence-corrected chi connectivity index (χ4v) is 2.60. The molecule has 2 aromatic carbocycles. The first-order valence-corrected chi connectivity index (χ1v) is 7.78. The molecule has 0 amide bonds. The predicted molar refractivity (Wildman–Crippen MR) is 94.9 cm³/mol. The van der Waals surface area contributed by atoms with Crippen molar-refractivity contribution in [3.8, 4) is 0 Å². The van der Waals surface area contributed by atoms with Crippen LogP contribution >= 0.6 is 0 Å². The number of benzene rings is 2. The third-order valence-electron chi connectivity index (χ3n) is 3.85. The van der Waals surface area contributed by atoms with E-state index in [-0.39, 0.29) is 0 Å². The molecule has 0 aliphatic heterocycles. The lowest BCUT2D eigenvalue weighted by molar-refractivity contribution is 0.618. The minimum atomic E-state index is 0.323. The molecular weight excluding hydrogens is 286 g/mol. The summed E-state index contributed by atoms with van der Waals surface area (Å²) in [5.41, 5.74) is 2.11. The molecule has 118 valence electrons. The van der Waals surface area contributed by atoms with Crippen molar-refractivity contribution in [1.82, 2.24) is 14.9 Å². The van der Waals surface area contributed by atoms with Gasteiger partial charge in [0.1, 0.15) is 0 Å². The van der Waals surface area contributed by atoms with E-state index in [1.807, 2.05) is 43.7 Å². The molecule has 0 atom stereocenters. The Morgan fingerprint density at radius 2 is 2.00 bits per heavy atom. The first kappa shape index (κ1) is 15.1. The zero-order valence-corrected chi connectivity index (χ0v) is 13.2. The van der Waals surface area contributed by atoms with Gasteiger partial charge in [0.05, 0.1) is 6.33 Å². The fourth-order valence-electron chi connectivity index (χ4n) is 2.60. The lowest BCUT2D eigenvalue weighted by Gasteiger charge is -2.13. The average molecular weight is 307 g/mol. The number of aryl methyl sites for hydroxylation is 2. The first-order chi connectivity index (χ1) is 11.2. The number of nitrogens with zero attached hydrogens (tertiary/aromatic N) is 2. The largest absolute Gasteiger partial charge is 0.356 e. The van der Waals surface area contributed by atoms with Crippen LogP contribution in [0.3, 0.4) is 0 Å². The summed E-state index contributed by atoms with van der Waals surface area (Å²) in [6.07, 6.45) is 4.64. The van der Waals surface area contributed by atoms with Gasteiger partial charge in [0.2, 0.25) is 0 Å². The molecule has 0 saturated heterocycles. The number of imidazole rings is 1. The van der Waals surface area contributed by atoms with Crippen molar-refractivity contribution < 1.29 is 0 Å². The highest BCUT2D eigenvalue weighted by molar-refractivity contribution is 6.02. The summed E-state index contributed by atoms with van der Waals surface area (Å²) in [4.78, 5) is 4.11. The maximum absolute atomic E-state index is 8.06. The van der Waals surface area contributed by atoms with E-state index in [1.54, 1.807) is 0 Å². The molecule has 0 bridgehead atoms. The zero-order chi connectivity index (χ0) is 16.1. The van der Waals surface area contributed by atoms with E-state index in [0.717, 1.165) is 36.3 Å². The fraction of sp³-hybridized carbons (Fsp3) is 0.222.